The molecule has 1 heterocycles. The number of carbonyl (C=O) groups excluding carboxylic acids is 2. The molecule has 5 aliphatic rings. The van der Waals surface area contributed by atoms with Gasteiger partial charge in [0.25, 0.3) is 0 Å². The number of cyclic esters (lactones) is 1. The van der Waals surface area contributed by atoms with Crippen molar-refractivity contribution in [2.45, 2.75) is 57.4 Å². The first-order chi connectivity index (χ1) is 13.2. The largest absolute Gasteiger partial charge is 0.447 e. The molecule has 4 saturated carbocycles. The molecule has 4 nitrogen and oxygen atoms in total. The van der Waals surface area contributed by atoms with Crippen molar-refractivity contribution in [3.05, 3.63) is 35.9 Å². The van der Waals surface area contributed by atoms with E-state index in [9.17, 15) is 9.59 Å². The van der Waals surface area contributed by atoms with Crippen LogP contribution in [0.5, 0.6) is 0 Å². The van der Waals surface area contributed by atoms with Crippen LogP contribution in [0.4, 0.5) is 4.79 Å². The van der Waals surface area contributed by atoms with Gasteiger partial charge in [-0.25, -0.2) is 9.69 Å². The van der Waals surface area contributed by atoms with Gasteiger partial charge in [0, 0.05) is 6.42 Å². The van der Waals surface area contributed by atoms with Crippen LogP contribution in [0, 0.1) is 29.6 Å². The van der Waals surface area contributed by atoms with E-state index in [0.717, 1.165) is 35.7 Å². The van der Waals surface area contributed by atoms with Gasteiger partial charge in [0.05, 0.1) is 6.04 Å². The zero-order chi connectivity index (χ0) is 18.4. The molecule has 4 heteroatoms. The molecule has 144 valence electrons. The standard InChI is InChI=1S/C23H29NO3/c25-22(7-6-21-18-9-16-8-17(11-18)12-19(21)10-16)24-20(14-27-23(24)26)13-15-4-2-1-3-5-15/h1-5,16-21H,6-14H2/t16?,17?,18?,19?,20-,21?/m0/s1. The normalized spacial score (nSPS) is 36.9. The van der Waals surface area contributed by atoms with Gasteiger partial charge in [-0.3, -0.25) is 4.79 Å². The highest BCUT2D eigenvalue weighted by atomic mass is 16.6. The molecule has 1 aliphatic heterocycles. The highest BCUT2D eigenvalue weighted by Crippen LogP contribution is 2.57. The van der Waals surface area contributed by atoms with Crippen LogP contribution in [0.2, 0.25) is 0 Å². The van der Waals surface area contributed by atoms with Crippen molar-refractivity contribution in [2.24, 2.45) is 29.6 Å². The maximum Gasteiger partial charge on any atom is 0.416 e. The van der Waals surface area contributed by atoms with Crippen LogP contribution in [0.15, 0.2) is 30.3 Å². The fraction of sp³-hybridized carbons (Fsp3) is 0.652. The molecule has 0 radical (unpaired) electrons. The average Bonchev–Trinajstić information content (AvgIpc) is 3.01. The predicted molar refractivity (Wildman–Crippen MR) is 102 cm³/mol. The molecular weight excluding hydrogens is 338 g/mol. The molecule has 0 spiro atoms. The second-order valence-corrected chi connectivity index (χ2v) is 9.32. The van der Waals surface area contributed by atoms with Crippen molar-refractivity contribution in [2.75, 3.05) is 6.61 Å². The van der Waals surface area contributed by atoms with Gasteiger partial charge >= 0.3 is 6.09 Å². The molecule has 1 atom stereocenters. The molecule has 1 saturated heterocycles. The third-order valence-electron chi connectivity index (χ3n) is 7.66. The third-order valence-corrected chi connectivity index (χ3v) is 7.66. The Balaban J connectivity index is 1.21. The minimum absolute atomic E-state index is 0.0350. The van der Waals surface area contributed by atoms with E-state index >= 15 is 0 Å². The number of rotatable bonds is 5. The maximum absolute atomic E-state index is 12.9. The number of benzene rings is 1. The van der Waals surface area contributed by atoms with Crippen molar-refractivity contribution in [1.82, 2.24) is 4.90 Å². The fourth-order valence-electron chi connectivity index (χ4n) is 6.72. The molecule has 5 fully saturated rings. The first-order valence-corrected chi connectivity index (χ1v) is 10.7. The van der Waals surface area contributed by atoms with Gasteiger partial charge in [-0.15, -0.1) is 0 Å². The second-order valence-electron chi connectivity index (χ2n) is 9.32. The van der Waals surface area contributed by atoms with Crippen LogP contribution in [0.25, 0.3) is 0 Å². The molecule has 6 rings (SSSR count). The quantitative estimate of drug-likeness (QED) is 0.773. The van der Waals surface area contributed by atoms with E-state index < -0.39 is 6.09 Å². The Morgan fingerprint density at radius 3 is 2.33 bits per heavy atom. The van der Waals surface area contributed by atoms with Crippen molar-refractivity contribution < 1.29 is 14.3 Å². The first-order valence-electron chi connectivity index (χ1n) is 10.7. The van der Waals surface area contributed by atoms with Gasteiger partial charge in [-0.05, 0) is 80.1 Å². The Kier molecular flexibility index (Phi) is 4.45. The monoisotopic (exact) mass is 367 g/mol. The minimum atomic E-state index is -0.453. The van der Waals surface area contributed by atoms with E-state index in [1.54, 1.807) is 0 Å². The lowest BCUT2D eigenvalue weighted by molar-refractivity contribution is -0.130. The predicted octanol–water partition coefficient (Wildman–Crippen LogP) is 4.43. The third kappa shape index (κ3) is 3.28. The van der Waals surface area contributed by atoms with E-state index in [0.29, 0.717) is 25.4 Å². The summed E-state index contributed by atoms with van der Waals surface area (Å²) in [5, 5.41) is 0. The molecule has 4 bridgehead atoms. The average molecular weight is 367 g/mol. The Hall–Kier alpha value is -1.84. The molecular formula is C23H29NO3. The van der Waals surface area contributed by atoms with Crippen LogP contribution < -0.4 is 0 Å². The Morgan fingerprint density at radius 2 is 1.67 bits per heavy atom. The smallest absolute Gasteiger partial charge is 0.416 e. The summed E-state index contributed by atoms with van der Waals surface area (Å²) in [7, 11) is 0. The summed E-state index contributed by atoms with van der Waals surface area (Å²) in [6.45, 7) is 0.317. The highest BCUT2D eigenvalue weighted by molar-refractivity contribution is 5.93. The van der Waals surface area contributed by atoms with Crippen molar-refractivity contribution in [3.63, 3.8) is 0 Å². The van der Waals surface area contributed by atoms with E-state index in [-0.39, 0.29) is 11.9 Å². The topological polar surface area (TPSA) is 46.6 Å². The van der Waals surface area contributed by atoms with E-state index in [1.807, 2.05) is 30.3 Å². The van der Waals surface area contributed by atoms with Crippen LogP contribution in [-0.4, -0.2) is 29.5 Å². The number of nitrogens with zero attached hydrogens (tertiary/aromatic N) is 1. The lowest BCUT2D eigenvalue weighted by atomic mass is 9.51. The SMILES string of the molecule is O=C(CCC1C2CC3CC(C2)CC1C3)N1C(=O)OC[C@@H]1Cc1ccccc1. The molecule has 4 aliphatic carbocycles. The Bertz CT molecular complexity index is 688. The molecule has 0 N–H and O–H groups in total. The Morgan fingerprint density at radius 1 is 1.00 bits per heavy atom. The maximum atomic E-state index is 12.9. The summed E-state index contributed by atoms with van der Waals surface area (Å²) in [6, 6.07) is 9.89. The number of carbonyl (C=O) groups is 2. The summed E-state index contributed by atoms with van der Waals surface area (Å²) in [6.07, 6.45) is 8.66. The molecule has 1 aromatic carbocycles. The molecule has 0 aromatic heterocycles. The van der Waals surface area contributed by atoms with Crippen LogP contribution in [0.3, 0.4) is 0 Å². The van der Waals surface area contributed by atoms with Gasteiger partial charge in [-0.1, -0.05) is 30.3 Å². The number of hydrogen-bond donors (Lipinski definition) is 0. The van der Waals surface area contributed by atoms with Crippen molar-refractivity contribution in [3.8, 4) is 0 Å². The van der Waals surface area contributed by atoms with E-state index in [2.05, 4.69) is 0 Å². The molecule has 0 unspecified atom stereocenters. The minimum Gasteiger partial charge on any atom is -0.447 e. The summed E-state index contributed by atoms with van der Waals surface area (Å²) in [4.78, 5) is 26.5. The lowest BCUT2D eigenvalue weighted by Crippen LogP contribution is -2.46. The molecule has 27 heavy (non-hydrogen) atoms. The van der Waals surface area contributed by atoms with Gasteiger partial charge in [0.1, 0.15) is 6.61 Å². The highest BCUT2D eigenvalue weighted by Gasteiger charge is 2.48. The molecule has 2 amide bonds. The van der Waals surface area contributed by atoms with Gasteiger partial charge in [0.2, 0.25) is 5.91 Å². The van der Waals surface area contributed by atoms with Gasteiger partial charge in [0.15, 0.2) is 0 Å². The number of ether oxygens (including phenoxy) is 1. The fourth-order valence-corrected chi connectivity index (χ4v) is 6.72. The van der Waals surface area contributed by atoms with Crippen LogP contribution >= 0.6 is 0 Å². The summed E-state index contributed by atoms with van der Waals surface area (Å²) in [5.41, 5.74) is 1.14. The first kappa shape index (κ1) is 17.3. The summed E-state index contributed by atoms with van der Waals surface area (Å²) < 4.78 is 5.22. The van der Waals surface area contributed by atoms with Gasteiger partial charge in [-0.2, -0.15) is 0 Å². The van der Waals surface area contributed by atoms with Crippen molar-refractivity contribution >= 4 is 12.0 Å². The van der Waals surface area contributed by atoms with Gasteiger partial charge < -0.3 is 4.74 Å². The molecule has 1 aromatic rings. The lowest BCUT2D eigenvalue weighted by Gasteiger charge is -2.54. The summed E-state index contributed by atoms with van der Waals surface area (Å²) in [5.74, 6) is 4.26. The number of amides is 2. The zero-order valence-electron chi connectivity index (χ0n) is 15.9. The van der Waals surface area contributed by atoms with E-state index in [4.69, 9.17) is 4.74 Å². The second kappa shape index (κ2) is 6.96. The van der Waals surface area contributed by atoms with Crippen LogP contribution in [0.1, 0.15) is 50.5 Å². The van der Waals surface area contributed by atoms with Crippen LogP contribution in [-0.2, 0) is 16.0 Å². The number of hydrogen-bond acceptors (Lipinski definition) is 3. The zero-order valence-corrected chi connectivity index (χ0v) is 15.9. The Labute approximate surface area is 161 Å². The van der Waals surface area contributed by atoms with Crippen molar-refractivity contribution in [1.29, 1.82) is 0 Å². The summed E-state index contributed by atoms with van der Waals surface area (Å²) >= 11 is 0. The number of imide groups is 1. The van der Waals surface area contributed by atoms with E-state index in [1.165, 1.54) is 37.0 Å².